The first-order chi connectivity index (χ1) is 14.1. The van der Waals surface area contributed by atoms with Crippen molar-refractivity contribution in [3.8, 4) is 28.6 Å². The van der Waals surface area contributed by atoms with Gasteiger partial charge in [-0.15, -0.1) is 0 Å². The fourth-order valence-electron chi connectivity index (χ4n) is 3.50. The number of hydrogen-bond acceptors (Lipinski definition) is 7. The number of hydrogen-bond donors (Lipinski definition) is 0. The first kappa shape index (κ1) is 17.8. The highest BCUT2D eigenvalue weighted by Crippen LogP contribution is 2.37. The maximum Gasteiger partial charge on any atom is 0.232 e. The second-order valence-corrected chi connectivity index (χ2v) is 7.16. The van der Waals surface area contributed by atoms with Crippen molar-refractivity contribution in [2.75, 3.05) is 25.3 Å². The summed E-state index contributed by atoms with van der Waals surface area (Å²) in [5.74, 6) is 2.53. The Bertz CT molecular complexity index is 1100. The topological polar surface area (TPSA) is 86.9 Å². The van der Waals surface area contributed by atoms with Gasteiger partial charge in [-0.05, 0) is 36.4 Å². The zero-order chi connectivity index (χ0) is 20.0. The average molecular weight is 414 g/mol. The quantitative estimate of drug-likeness (QED) is 0.645. The molecule has 0 radical (unpaired) electrons. The van der Waals surface area contributed by atoms with Gasteiger partial charge in [0.1, 0.15) is 5.75 Å². The van der Waals surface area contributed by atoms with E-state index in [-0.39, 0.29) is 25.0 Å². The zero-order valence-corrected chi connectivity index (χ0v) is 16.2. The lowest BCUT2D eigenvalue weighted by molar-refractivity contribution is -0.117. The predicted octanol–water partition coefficient (Wildman–Crippen LogP) is 3.65. The minimum Gasteiger partial charge on any atom is -0.495 e. The predicted molar refractivity (Wildman–Crippen MR) is 104 cm³/mol. The van der Waals surface area contributed by atoms with Crippen LogP contribution in [0, 0.1) is 0 Å². The summed E-state index contributed by atoms with van der Waals surface area (Å²) in [6.45, 7) is 0.635. The van der Waals surface area contributed by atoms with Crippen LogP contribution >= 0.6 is 11.6 Å². The summed E-state index contributed by atoms with van der Waals surface area (Å²) < 4.78 is 21.3. The molecule has 3 aromatic rings. The van der Waals surface area contributed by atoms with Crippen LogP contribution in [0.25, 0.3) is 11.4 Å². The molecule has 1 fully saturated rings. The summed E-state index contributed by atoms with van der Waals surface area (Å²) in [6, 6.07) is 10.7. The van der Waals surface area contributed by atoms with Crippen molar-refractivity contribution in [1.29, 1.82) is 0 Å². The molecule has 1 aromatic heterocycles. The third-order valence-electron chi connectivity index (χ3n) is 4.99. The van der Waals surface area contributed by atoms with E-state index < -0.39 is 0 Å². The van der Waals surface area contributed by atoms with E-state index >= 15 is 0 Å². The maximum atomic E-state index is 12.6. The van der Waals surface area contributed by atoms with Gasteiger partial charge in [0.05, 0.1) is 18.1 Å². The lowest BCUT2D eigenvalue weighted by Crippen LogP contribution is -2.24. The van der Waals surface area contributed by atoms with E-state index in [0.29, 0.717) is 46.2 Å². The van der Waals surface area contributed by atoms with Crippen molar-refractivity contribution in [3.63, 3.8) is 0 Å². The Kier molecular flexibility index (Phi) is 4.28. The molecule has 1 amide bonds. The van der Waals surface area contributed by atoms with Gasteiger partial charge < -0.3 is 23.6 Å². The molecular weight excluding hydrogens is 398 g/mol. The fraction of sp³-hybridized carbons (Fsp3) is 0.250. The molecular formula is C20H16ClN3O5. The summed E-state index contributed by atoms with van der Waals surface area (Å²) >= 11 is 6.20. The van der Waals surface area contributed by atoms with Gasteiger partial charge in [0.2, 0.25) is 24.4 Å². The number of carbonyl (C=O) groups is 1. The Hall–Kier alpha value is -3.26. The van der Waals surface area contributed by atoms with E-state index in [9.17, 15) is 4.79 Å². The Morgan fingerprint density at radius 1 is 1.17 bits per heavy atom. The molecule has 2 aromatic carbocycles. The van der Waals surface area contributed by atoms with Crippen LogP contribution < -0.4 is 19.1 Å². The van der Waals surface area contributed by atoms with Gasteiger partial charge in [-0.1, -0.05) is 16.8 Å². The Balaban J connectivity index is 1.36. The molecule has 148 valence electrons. The minimum atomic E-state index is -0.196. The molecule has 0 spiro atoms. The number of methoxy groups -OCH3 is 1. The molecule has 0 N–H and O–H groups in total. The Morgan fingerprint density at radius 2 is 2.03 bits per heavy atom. The highest BCUT2D eigenvalue weighted by molar-refractivity contribution is 6.32. The van der Waals surface area contributed by atoms with Crippen LogP contribution in [0.1, 0.15) is 18.2 Å². The number of fused-ring (bicyclic) bond motifs is 1. The van der Waals surface area contributed by atoms with Gasteiger partial charge >= 0.3 is 0 Å². The van der Waals surface area contributed by atoms with Gasteiger partial charge in [0.15, 0.2) is 11.5 Å². The van der Waals surface area contributed by atoms with Gasteiger partial charge in [-0.2, -0.15) is 4.98 Å². The number of halogens is 1. The molecule has 2 aliphatic heterocycles. The summed E-state index contributed by atoms with van der Waals surface area (Å²) in [6.07, 6.45) is 0.284. The van der Waals surface area contributed by atoms with E-state index in [2.05, 4.69) is 10.1 Å². The molecule has 0 bridgehead atoms. The van der Waals surface area contributed by atoms with Crippen molar-refractivity contribution >= 4 is 23.2 Å². The molecule has 8 nitrogen and oxygen atoms in total. The number of carbonyl (C=O) groups excluding carboxylic acids is 1. The Morgan fingerprint density at radius 3 is 2.86 bits per heavy atom. The Labute approximate surface area is 170 Å². The average Bonchev–Trinajstić information content (AvgIpc) is 3.46. The number of amides is 1. The van der Waals surface area contributed by atoms with E-state index in [4.69, 9.17) is 30.3 Å². The number of ether oxygens (including phenoxy) is 3. The molecule has 9 heteroatoms. The summed E-state index contributed by atoms with van der Waals surface area (Å²) in [4.78, 5) is 18.7. The third kappa shape index (κ3) is 3.15. The van der Waals surface area contributed by atoms with Crippen LogP contribution in [0.4, 0.5) is 5.69 Å². The monoisotopic (exact) mass is 413 g/mol. The van der Waals surface area contributed by atoms with Crippen molar-refractivity contribution in [2.45, 2.75) is 12.3 Å². The molecule has 29 heavy (non-hydrogen) atoms. The SMILES string of the molecule is COc1ccc(N2CC(c3nc(-c4ccc5c(c4)OCO5)no3)CC2=O)cc1Cl. The van der Waals surface area contributed by atoms with Crippen LogP contribution in [0.5, 0.6) is 17.2 Å². The van der Waals surface area contributed by atoms with Crippen LogP contribution in [0.15, 0.2) is 40.9 Å². The highest BCUT2D eigenvalue weighted by atomic mass is 35.5. The smallest absolute Gasteiger partial charge is 0.232 e. The zero-order valence-electron chi connectivity index (χ0n) is 15.4. The molecule has 1 atom stereocenters. The number of rotatable bonds is 4. The normalized spacial score (nSPS) is 17.8. The van der Waals surface area contributed by atoms with E-state index in [1.807, 2.05) is 18.2 Å². The van der Waals surface area contributed by atoms with Crippen LogP contribution in [0.3, 0.4) is 0 Å². The maximum absolute atomic E-state index is 12.6. The standard InChI is InChI=1S/C20H16ClN3O5/c1-26-15-5-3-13(8-14(15)21)24-9-12(7-18(24)25)20-22-19(23-29-20)11-2-4-16-17(6-11)28-10-27-16/h2-6,8,12H,7,9-10H2,1H3. The van der Waals surface area contributed by atoms with Gasteiger partial charge in [0.25, 0.3) is 0 Å². The first-order valence-electron chi connectivity index (χ1n) is 9.00. The molecule has 3 heterocycles. The van der Waals surface area contributed by atoms with Crippen LogP contribution in [0.2, 0.25) is 5.02 Å². The highest BCUT2D eigenvalue weighted by Gasteiger charge is 2.35. The molecule has 2 aliphatic rings. The summed E-state index contributed by atoms with van der Waals surface area (Å²) in [5.41, 5.74) is 1.46. The molecule has 1 saturated heterocycles. The van der Waals surface area contributed by atoms with Gasteiger partial charge in [-0.3, -0.25) is 4.79 Å². The number of nitrogens with zero attached hydrogens (tertiary/aromatic N) is 3. The minimum absolute atomic E-state index is 0.0286. The third-order valence-corrected chi connectivity index (χ3v) is 5.29. The van der Waals surface area contributed by atoms with E-state index in [0.717, 1.165) is 5.56 Å². The van der Waals surface area contributed by atoms with Crippen molar-refractivity contribution in [1.82, 2.24) is 10.1 Å². The summed E-state index contributed by atoms with van der Waals surface area (Å²) in [5, 5.41) is 4.51. The second-order valence-electron chi connectivity index (χ2n) is 6.75. The molecule has 0 aliphatic carbocycles. The lowest BCUT2D eigenvalue weighted by atomic mass is 10.1. The van der Waals surface area contributed by atoms with Crippen LogP contribution in [-0.4, -0.2) is 36.5 Å². The van der Waals surface area contributed by atoms with Crippen molar-refractivity contribution in [3.05, 3.63) is 47.3 Å². The lowest BCUT2D eigenvalue weighted by Gasteiger charge is -2.17. The number of anilines is 1. The van der Waals surface area contributed by atoms with Gasteiger partial charge in [0, 0.05) is 24.2 Å². The second kappa shape index (κ2) is 6.97. The van der Waals surface area contributed by atoms with E-state index in [1.165, 1.54) is 0 Å². The number of aromatic nitrogens is 2. The van der Waals surface area contributed by atoms with Crippen molar-refractivity contribution < 1.29 is 23.5 Å². The molecule has 1 unspecified atom stereocenters. The van der Waals surface area contributed by atoms with Crippen molar-refractivity contribution in [2.24, 2.45) is 0 Å². The molecule has 5 rings (SSSR count). The van der Waals surface area contributed by atoms with E-state index in [1.54, 1.807) is 30.2 Å². The van der Waals surface area contributed by atoms with Crippen LogP contribution in [-0.2, 0) is 4.79 Å². The first-order valence-corrected chi connectivity index (χ1v) is 9.37. The summed E-state index contributed by atoms with van der Waals surface area (Å²) in [7, 11) is 1.55. The fourth-order valence-corrected chi connectivity index (χ4v) is 3.75. The van der Waals surface area contributed by atoms with Gasteiger partial charge in [-0.25, -0.2) is 0 Å². The molecule has 0 saturated carbocycles. The largest absolute Gasteiger partial charge is 0.495 e. The number of benzene rings is 2.